The Balaban J connectivity index is 2.01. The van der Waals surface area contributed by atoms with Gasteiger partial charge in [-0.2, -0.15) is 0 Å². The van der Waals surface area contributed by atoms with Crippen LogP contribution in [0.4, 0.5) is 0 Å². The summed E-state index contributed by atoms with van der Waals surface area (Å²) in [5, 5.41) is 10.00. The number of methoxy groups -OCH3 is 1. The van der Waals surface area contributed by atoms with Gasteiger partial charge in [-0.05, 0) is 49.4 Å². The van der Waals surface area contributed by atoms with Gasteiger partial charge in [0.1, 0.15) is 5.78 Å². The van der Waals surface area contributed by atoms with Crippen molar-refractivity contribution >= 4 is 11.8 Å². The molecule has 2 aliphatic carbocycles. The molecule has 0 aliphatic heterocycles. The predicted octanol–water partition coefficient (Wildman–Crippen LogP) is 3.75. The smallest absolute Gasteiger partial charge is 0.308 e. The number of hydrogen-bond acceptors (Lipinski definition) is 4. The van der Waals surface area contributed by atoms with Crippen molar-refractivity contribution in [1.29, 1.82) is 0 Å². The third-order valence-electron chi connectivity index (χ3n) is 6.90. The monoisotopic (exact) mass is 338 g/mol. The first-order valence-corrected chi connectivity index (χ1v) is 9.62. The molecule has 2 rings (SSSR count). The van der Waals surface area contributed by atoms with E-state index >= 15 is 0 Å². The average Bonchev–Trinajstić information content (AvgIpc) is 2.55. The highest BCUT2D eigenvalue weighted by Gasteiger charge is 2.52. The fourth-order valence-electron chi connectivity index (χ4n) is 5.36. The summed E-state index contributed by atoms with van der Waals surface area (Å²) in [6.07, 6.45) is 6.65. The Kier molecular flexibility index (Phi) is 6.46. The topological polar surface area (TPSA) is 63.6 Å². The first kappa shape index (κ1) is 19.4. The van der Waals surface area contributed by atoms with E-state index in [0.29, 0.717) is 24.0 Å². The zero-order valence-corrected chi connectivity index (χ0v) is 15.7. The first-order chi connectivity index (χ1) is 11.3. The second-order valence-corrected chi connectivity index (χ2v) is 8.28. The molecule has 0 aromatic heterocycles. The maximum absolute atomic E-state index is 12.8. The van der Waals surface area contributed by atoms with Crippen molar-refractivity contribution in [2.45, 2.75) is 78.2 Å². The molecule has 0 spiro atoms. The van der Waals surface area contributed by atoms with Crippen LogP contribution >= 0.6 is 0 Å². The van der Waals surface area contributed by atoms with Crippen LogP contribution in [0.1, 0.15) is 72.1 Å². The van der Waals surface area contributed by atoms with E-state index in [4.69, 9.17) is 4.74 Å². The number of esters is 1. The van der Waals surface area contributed by atoms with Crippen LogP contribution in [0.3, 0.4) is 0 Å². The van der Waals surface area contributed by atoms with E-state index in [1.807, 2.05) is 6.92 Å². The maximum atomic E-state index is 12.8. The summed E-state index contributed by atoms with van der Waals surface area (Å²) in [4.78, 5) is 24.3. The van der Waals surface area contributed by atoms with Gasteiger partial charge in [0, 0.05) is 12.3 Å². The number of Topliss-reactive ketones (excluding diaryl/α,β-unsaturated/α-hetero) is 1. The van der Waals surface area contributed by atoms with Gasteiger partial charge in [0.15, 0.2) is 0 Å². The lowest BCUT2D eigenvalue weighted by molar-refractivity contribution is -0.145. The van der Waals surface area contributed by atoms with Crippen LogP contribution < -0.4 is 0 Å². The summed E-state index contributed by atoms with van der Waals surface area (Å²) < 4.78 is 4.79. The van der Waals surface area contributed by atoms with Crippen LogP contribution in [0.25, 0.3) is 0 Å². The molecule has 3 unspecified atom stereocenters. The van der Waals surface area contributed by atoms with Crippen molar-refractivity contribution in [3.05, 3.63) is 0 Å². The Morgan fingerprint density at radius 3 is 2.79 bits per heavy atom. The average molecular weight is 338 g/mol. The standard InChI is InChI=1S/C20H34O4/c1-5-17-16(8-6-7-13(2)19(23)24-4)18(22)12-14-11-15(21)9-10-20(14,17)3/h13-17,21H,5-12H2,1-4H3/t13?,14-,15+,16?,17?,20-/m0/s1. The van der Waals surface area contributed by atoms with E-state index < -0.39 is 0 Å². The molecule has 0 aromatic rings. The summed E-state index contributed by atoms with van der Waals surface area (Å²) in [6, 6.07) is 0. The molecule has 2 saturated carbocycles. The van der Waals surface area contributed by atoms with Gasteiger partial charge in [-0.1, -0.05) is 33.6 Å². The second-order valence-electron chi connectivity index (χ2n) is 8.28. The fraction of sp³-hybridized carbons (Fsp3) is 0.900. The molecule has 24 heavy (non-hydrogen) atoms. The normalized spacial score (nSPS) is 37.6. The largest absolute Gasteiger partial charge is 0.469 e. The van der Waals surface area contributed by atoms with E-state index in [1.54, 1.807) is 0 Å². The lowest BCUT2D eigenvalue weighted by Crippen LogP contribution is -2.51. The van der Waals surface area contributed by atoms with E-state index in [1.165, 1.54) is 7.11 Å². The number of rotatable bonds is 6. The molecule has 1 N–H and O–H groups in total. The molecule has 0 aromatic carbocycles. The molecule has 138 valence electrons. The minimum Gasteiger partial charge on any atom is -0.469 e. The van der Waals surface area contributed by atoms with Crippen LogP contribution in [0, 0.1) is 29.1 Å². The Bertz CT molecular complexity index is 461. The molecular weight excluding hydrogens is 304 g/mol. The van der Waals surface area contributed by atoms with E-state index in [2.05, 4.69) is 13.8 Å². The molecule has 0 heterocycles. The minimum atomic E-state index is -0.231. The van der Waals surface area contributed by atoms with Crippen molar-refractivity contribution in [3.8, 4) is 0 Å². The Morgan fingerprint density at radius 1 is 1.46 bits per heavy atom. The number of carbonyl (C=O) groups excluding carboxylic acids is 2. The molecular formula is C20H34O4. The van der Waals surface area contributed by atoms with Crippen LogP contribution in [0.5, 0.6) is 0 Å². The first-order valence-electron chi connectivity index (χ1n) is 9.62. The summed E-state index contributed by atoms with van der Waals surface area (Å²) in [7, 11) is 1.43. The highest BCUT2D eigenvalue weighted by molar-refractivity contribution is 5.82. The Labute approximate surface area is 146 Å². The zero-order valence-electron chi connectivity index (χ0n) is 15.7. The van der Waals surface area contributed by atoms with Crippen molar-refractivity contribution in [3.63, 3.8) is 0 Å². The number of fused-ring (bicyclic) bond motifs is 1. The highest BCUT2D eigenvalue weighted by atomic mass is 16.5. The van der Waals surface area contributed by atoms with E-state index in [0.717, 1.165) is 44.9 Å². The molecule has 0 radical (unpaired) electrons. The summed E-state index contributed by atoms with van der Waals surface area (Å²) in [5.74, 6) is 0.987. The van der Waals surface area contributed by atoms with Gasteiger partial charge < -0.3 is 9.84 Å². The number of ether oxygens (including phenoxy) is 1. The van der Waals surface area contributed by atoms with Gasteiger partial charge in [0.05, 0.1) is 19.1 Å². The van der Waals surface area contributed by atoms with E-state index in [9.17, 15) is 14.7 Å². The molecule has 0 saturated heterocycles. The SMILES string of the molecule is CCC1C(CCCC(C)C(=O)OC)C(=O)C[C@@H]2C[C@H](O)CC[C@]12C. The van der Waals surface area contributed by atoms with Gasteiger partial charge in [-0.25, -0.2) is 0 Å². The molecule has 0 bridgehead atoms. The number of ketones is 1. The second kappa shape index (κ2) is 7.99. The number of hydrogen-bond donors (Lipinski definition) is 1. The van der Waals surface area contributed by atoms with Crippen molar-refractivity contribution < 1.29 is 19.4 Å². The molecule has 4 nitrogen and oxygen atoms in total. The number of aliphatic hydroxyl groups is 1. The minimum absolute atomic E-state index is 0.0954. The van der Waals surface area contributed by atoms with Crippen molar-refractivity contribution in [1.82, 2.24) is 0 Å². The molecule has 6 atom stereocenters. The van der Waals surface area contributed by atoms with Gasteiger partial charge in [0.2, 0.25) is 0 Å². The lowest BCUT2D eigenvalue weighted by atomic mass is 9.51. The Hall–Kier alpha value is -0.900. The highest BCUT2D eigenvalue weighted by Crippen LogP contribution is 2.56. The van der Waals surface area contributed by atoms with Crippen LogP contribution in [0.2, 0.25) is 0 Å². The Morgan fingerprint density at radius 2 is 2.17 bits per heavy atom. The summed E-state index contributed by atoms with van der Waals surface area (Å²) in [6.45, 7) is 6.43. The summed E-state index contributed by atoms with van der Waals surface area (Å²) >= 11 is 0. The number of aliphatic hydroxyl groups excluding tert-OH is 1. The van der Waals surface area contributed by atoms with Gasteiger partial charge in [0.25, 0.3) is 0 Å². The van der Waals surface area contributed by atoms with Crippen LogP contribution in [0.15, 0.2) is 0 Å². The van der Waals surface area contributed by atoms with Crippen molar-refractivity contribution in [2.24, 2.45) is 29.1 Å². The van der Waals surface area contributed by atoms with Gasteiger partial charge in [-0.15, -0.1) is 0 Å². The van der Waals surface area contributed by atoms with Gasteiger partial charge in [-0.3, -0.25) is 9.59 Å². The van der Waals surface area contributed by atoms with Gasteiger partial charge >= 0.3 is 5.97 Å². The molecule has 4 heteroatoms. The van der Waals surface area contributed by atoms with Crippen LogP contribution in [-0.4, -0.2) is 30.1 Å². The van der Waals surface area contributed by atoms with Crippen molar-refractivity contribution in [2.75, 3.05) is 7.11 Å². The molecule has 2 aliphatic rings. The number of carbonyl (C=O) groups is 2. The third-order valence-corrected chi connectivity index (χ3v) is 6.90. The van der Waals surface area contributed by atoms with Crippen LogP contribution in [-0.2, 0) is 14.3 Å². The predicted molar refractivity (Wildman–Crippen MR) is 93.4 cm³/mol. The molecule has 0 amide bonds. The lowest BCUT2D eigenvalue weighted by Gasteiger charge is -2.54. The summed E-state index contributed by atoms with van der Waals surface area (Å²) in [5.41, 5.74) is 0.181. The fourth-order valence-corrected chi connectivity index (χ4v) is 5.36. The maximum Gasteiger partial charge on any atom is 0.308 e. The quantitative estimate of drug-likeness (QED) is 0.749. The molecule has 2 fully saturated rings. The third kappa shape index (κ3) is 3.84. The van der Waals surface area contributed by atoms with E-state index in [-0.39, 0.29) is 29.3 Å². The zero-order chi connectivity index (χ0) is 17.9.